The Bertz CT molecular complexity index is 801. The molecule has 0 fully saturated rings. The molecule has 0 aliphatic heterocycles. The molecule has 1 aromatic heterocycles. The predicted molar refractivity (Wildman–Crippen MR) is 90.1 cm³/mol. The van der Waals surface area contributed by atoms with Gasteiger partial charge in [-0.15, -0.1) is 11.6 Å². The average molecular weight is 340 g/mol. The van der Waals surface area contributed by atoms with Gasteiger partial charge in [0.2, 0.25) is 0 Å². The highest BCUT2D eigenvalue weighted by Gasteiger charge is 2.20. The Labute approximate surface area is 138 Å². The number of alkyl halides is 1. The van der Waals surface area contributed by atoms with Gasteiger partial charge in [-0.05, 0) is 43.7 Å². The SMILES string of the molecule is Cc1ccc2nc(C(C)Cl)n(-c3c(Cl)cccc3Cl)c2c1. The number of aromatic nitrogens is 2. The fraction of sp³-hybridized carbons (Fsp3) is 0.188. The lowest BCUT2D eigenvalue weighted by atomic mass is 10.2. The summed E-state index contributed by atoms with van der Waals surface area (Å²) in [6.07, 6.45) is 0. The van der Waals surface area contributed by atoms with E-state index in [9.17, 15) is 0 Å². The molecule has 2 aromatic carbocycles. The fourth-order valence-corrected chi connectivity index (χ4v) is 3.12. The van der Waals surface area contributed by atoms with Crippen LogP contribution in [0.4, 0.5) is 0 Å². The van der Waals surface area contributed by atoms with E-state index in [1.165, 1.54) is 0 Å². The zero-order chi connectivity index (χ0) is 15.1. The van der Waals surface area contributed by atoms with Crippen molar-refractivity contribution in [2.45, 2.75) is 19.2 Å². The molecule has 2 nitrogen and oxygen atoms in total. The summed E-state index contributed by atoms with van der Waals surface area (Å²) in [5.74, 6) is 0.729. The number of hydrogen-bond acceptors (Lipinski definition) is 1. The molecule has 5 heteroatoms. The zero-order valence-electron chi connectivity index (χ0n) is 11.6. The first-order chi connectivity index (χ1) is 9.99. The van der Waals surface area contributed by atoms with Crippen LogP contribution >= 0.6 is 34.8 Å². The molecule has 0 amide bonds. The molecule has 1 unspecified atom stereocenters. The van der Waals surface area contributed by atoms with Crippen molar-refractivity contribution in [1.82, 2.24) is 9.55 Å². The number of fused-ring (bicyclic) bond motifs is 1. The topological polar surface area (TPSA) is 17.8 Å². The minimum absolute atomic E-state index is 0.259. The van der Waals surface area contributed by atoms with Crippen LogP contribution in [0.5, 0.6) is 0 Å². The molecule has 0 N–H and O–H groups in total. The quantitative estimate of drug-likeness (QED) is 0.528. The second-order valence-electron chi connectivity index (χ2n) is 4.98. The van der Waals surface area contributed by atoms with E-state index in [4.69, 9.17) is 34.8 Å². The monoisotopic (exact) mass is 338 g/mol. The summed E-state index contributed by atoms with van der Waals surface area (Å²) in [5, 5.41) is 0.883. The van der Waals surface area contributed by atoms with Gasteiger partial charge in [0.05, 0.1) is 32.1 Å². The number of nitrogens with zero attached hydrogens (tertiary/aromatic N) is 2. The van der Waals surface area contributed by atoms with Gasteiger partial charge in [0, 0.05) is 0 Å². The Hall–Kier alpha value is -1.22. The van der Waals surface area contributed by atoms with Gasteiger partial charge in [-0.1, -0.05) is 35.3 Å². The molecule has 3 aromatic rings. The number of para-hydroxylation sites is 1. The standard InChI is InChI=1S/C16H13Cl3N2/c1-9-6-7-13-14(8-9)21(16(20-13)10(2)17)15-11(18)4-3-5-12(15)19/h3-8,10H,1-2H3. The van der Waals surface area contributed by atoms with Crippen molar-refractivity contribution < 1.29 is 0 Å². The molecule has 0 bridgehead atoms. The van der Waals surface area contributed by atoms with Crippen LogP contribution < -0.4 is 0 Å². The number of benzene rings is 2. The van der Waals surface area contributed by atoms with Crippen LogP contribution in [0.1, 0.15) is 23.7 Å². The van der Waals surface area contributed by atoms with E-state index in [2.05, 4.69) is 11.1 Å². The average Bonchev–Trinajstić information content (AvgIpc) is 2.78. The van der Waals surface area contributed by atoms with E-state index >= 15 is 0 Å². The molecular weight excluding hydrogens is 327 g/mol. The van der Waals surface area contributed by atoms with Crippen LogP contribution in [0.2, 0.25) is 10.0 Å². The minimum atomic E-state index is -0.259. The van der Waals surface area contributed by atoms with E-state index in [0.717, 1.165) is 28.1 Å². The van der Waals surface area contributed by atoms with E-state index in [0.29, 0.717) is 10.0 Å². The molecule has 0 saturated heterocycles. The Balaban J connectivity index is 2.44. The van der Waals surface area contributed by atoms with Crippen molar-refractivity contribution in [1.29, 1.82) is 0 Å². The van der Waals surface area contributed by atoms with Crippen LogP contribution in [0.15, 0.2) is 36.4 Å². The molecule has 0 radical (unpaired) electrons. The smallest absolute Gasteiger partial charge is 0.132 e. The van der Waals surface area contributed by atoms with Crippen LogP contribution in [0, 0.1) is 6.92 Å². The normalized spacial score (nSPS) is 12.8. The minimum Gasteiger partial charge on any atom is -0.292 e. The molecule has 3 rings (SSSR count). The van der Waals surface area contributed by atoms with Gasteiger partial charge in [-0.25, -0.2) is 4.98 Å². The third-order valence-corrected chi connectivity index (χ3v) is 4.16. The lowest BCUT2D eigenvalue weighted by Crippen LogP contribution is -2.03. The molecule has 1 heterocycles. The molecule has 0 spiro atoms. The molecule has 0 aliphatic rings. The van der Waals surface area contributed by atoms with Crippen molar-refractivity contribution in [3.63, 3.8) is 0 Å². The molecule has 21 heavy (non-hydrogen) atoms. The first kappa shape index (κ1) is 14.7. The van der Waals surface area contributed by atoms with Crippen LogP contribution in [0.25, 0.3) is 16.7 Å². The molecular formula is C16H13Cl3N2. The van der Waals surface area contributed by atoms with E-state index < -0.39 is 0 Å². The lowest BCUT2D eigenvalue weighted by Gasteiger charge is -2.14. The Morgan fingerprint density at radius 2 is 1.76 bits per heavy atom. The highest BCUT2D eigenvalue weighted by atomic mass is 35.5. The van der Waals surface area contributed by atoms with Gasteiger partial charge in [-0.3, -0.25) is 4.57 Å². The molecule has 1 atom stereocenters. The van der Waals surface area contributed by atoms with E-state index in [1.54, 1.807) is 0 Å². The van der Waals surface area contributed by atoms with Gasteiger partial charge in [0.15, 0.2) is 0 Å². The third kappa shape index (κ3) is 2.52. The molecule has 108 valence electrons. The van der Waals surface area contributed by atoms with Crippen molar-refractivity contribution >= 4 is 45.8 Å². The molecule has 0 aliphatic carbocycles. The first-order valence-electron chi connectivity index (χ1n) is 6.56. The van der Waals surface area contributed by atoms with Crippen LogP contribution in [0.3, 0.4) is 0 Å². The maximum absolute atomic E-state index is 6.36. The number of halogens is 3. The Morgan fingerprint density at radius 1 is 1.10 bits per heavy atom. The highest BCUT2D eigenvalue weighted by Crippen LogP contribution is 2.35. The Morgan fingerprint density at radius 3 is 2.38 bits per heavy atom. The summed E-state index contributed by atoms with van der Waals surface area (Å²) in [6.45, 7) is 3.92. The van der Waals surface area contributed by atoms with Crippen molar-refractivity contribution in [3.05, 3.63) is 57.8 Å². The van der Waals surface area contributed by atoms with Crippen molar-refractivity contribution in [2.75, 3.05) is 0 Å². The van der Waals surface area contributed by atoms with Gasteiger partial charge in [0.25, 0.3) is 0 Å². The maximum atomic E-state index is 6.36. The van der Waals surface area contributed by atoms with Crippen molar-refractivity contribution in [2.24, 2.45) is 0 Å². The van der Waals surface area contributed by atoms with Gasteiger partial charge in [-0.2, -0.15) is 0 Å². The van der Waals surface area contributed by atoms with Gasteiger partial charge < -0.3 is 0 Å². The second-order valence-corrected chi connectivity index (χ2v) is 6.45. The van der Waals surface area contributed by atoms with Crippen molar-refractivity contribution in [3.8, 4) is 5.69 Å². The van der Waals surface area contributed by atoms with Crippen LogP contribution in [-0.2, 0) is 0 Å². The first-order valence-corrected chi connectivity index (χ1v) is 7.75. The number of aryl methyl sites for hydroxylation is 1. The highest BCUT2D eigenvalue weighted by molar-refractivity contribution is 6.38. The summed E-state index contributed by atoms with van der Waals surface area (Å²) in [7, 11) is 0. The lowest BCUT2D eigenvalue weighted by molar-refractivity contribution is 0.882. The number of hydrogen-bond donors (Lipinski definition) is 0. The molecule has 0 saturated carbocycles. The fourth-order valence-electron chi connectivity index (χ4n) is 2.41. The number of imidazole rings is 1. The maximum Gasteiger partial charge on any atom is 0.132 e. The largest absolute Gasteiger partial charge is 0.292 e. The number of rotatable bonds is 2. The van der Waals surface area contributed by atoms with Gasteiger partial charge >= 0.3 is 0 Å². The summed E-state index contributed by atoms with van der Waals surface area (Å²) in [4.78, 5) is 4.63. The summed E-state index contributed by atoms with van der Waals surface area (Å²) in [5.41, 5.74) is 3.68. The summed E-state index contributed by atoms with van der Waals surface area (Å²) >= 11 is 19.0. The summed E-state index contributed by atoms with van der Waals surface area (Å²) < 4.78 is 1.95. The van der Waals surface area contributed by atoms with Crippen LogP contribution in [-0.4, -0.2) is 9.55 Å². The Kier molecular flexibility index (Phi) is 3.87. The third-order valence-electron chi connectivity index (χ3n) is 3.35. The van der Waals surface area contributed by atoms with E-state index in [-0.39, 0.29) is 5.38 Å². The second kappa shape index (κ2) is 5.53. The zero-order valence-corrected chi connectivity index (χ0v) is 13.8. The summed E-state index contributed by atoms with van der Waals surface area (Å²) in [6, 6.07) is 11.5. The van der Waals surface area contributed by atoms with E-state index in [1.807, 2.05) is 48.7 Å². The predicted octanol–water partition coefficient (Wildman–Crippen LogP) is 5.94. The van der Waals surface area contributed by atoms with Gasteiger partial charge in [0.1, 0.15) is 5.82 Å².